The average Bonchev–Trinajstić information content (AvgIpc) is 3.26. The predicted molar refractivity (Wildman–Crippen MR) is 136 cm³/mol. The van der Waals surface area contributed by atoms with Crippen molar-refractivity contribution in [2.45, 2.75) is 58.1 Å². The largest absolute Gasteiger partial charge is 0.490 e. The number of carboxylic acids is 1. The highest BCUT2D eigenvalue weighted by Gasteiger charge is 2.41. The van der Waals surface area contributed by atoms with Gasteiger partial charge in [0.15, 0.2) is 17.1 Å². The van der Waals surface area contributed by atoms with Gasteiger partial charge in [0.05, 0.1) is 11.1 Å². The number of halogens is 8. The molecule has 0 radical (unpaired) electrons. The van der Waals surface area contributed by atoms with Gasteiger partial charge in [-0.1, -0.05) is 19.4 Å². The number of nitrogens with one attached hydrogen (secondary N) is 2. The highest BCUT2D eigenvalue weighted by atomic mass is 19.4. The van der Waals surface area contributed by atoms with E-state index in [9.17, 15) is 44.7 Å². The Kier molecular flexibility index (Phi) is 11.1. The molecule has 0 saturated heterocycles. The molecule has 0 saturated carbocycles. The standard InChI is InChI=1S/C24H25F5N4O4.C2HF3O2/c1-4-8-23(3,32-22(35)36)12-30-21(34)18-19(24(27,28)29)31-20-17(9-13(2)10-33(18)20)37-11-14-15(25)6-5-7-16(14)26;3-2(4,5)1(6)7/h5-7,9-10,32H,4,8,11-12H2,1-3H3,(H,30,34)(H,35,36);(H,6,7). The van der Waals surface area contributed by atoms with Crippen LogP contribution in [0.4, 0.5) is 39.9 Å². The Bertz CT molecular complexity index is 1500. The number of hydrogen-bond acceptors (Lipinski definition) is 5. The normalized spacial score (nSPS) is 13.0. The number of nitrogens with zero attached hydrogens (tertiary/aromatic N) is 2. The fourth-order valence-electron chi connectivity index (χ4n) is 3.95. The molecule has 10 nitrogen and oxygen atoms in total. The van der Waals surface area contributed by atoms with Crippen molar-refractivity contribution in [3.63, 3.8) is 0 Å². The maximum absolute atomic E-state index is 14.0. The van der Waals surface area contributed by atoms with Gasteiger partial charge < -0.3 is 25.6 Å². The van der Waals surface area contributed by atoms with Gasteiger partial charge in [-0.25, -0.2) is 23.4 Å². The number of ether oxygens (including phenoxy) is 1. The van der Waals surface area contributed by atoms with Crippen molar-refractivity contribution in [3.05, 3.63) is 64.6 Å². The van der Waals surface area contributed by atoms with Crippen LogP contribution < -0.4 is 15.4 Å². The van der Waals surface area contributed by atoms with E-state index in [2.05, 4.69) is 15.6 Å². The van der Waals surface area contributed by atoms with Gasteiger partial charge in [0.2, 0.25) is 0 Å². The van der Waals surface area contributed by atoms with Gasteiger partial charge in [0.25, 0.3) is 5.91 Å². The summed E-state index contributed by atoms with van der Waals surface area (Å²) in [6.45, 7) is 3.90. The second-order valence-electron chi connectivity index (χ2n) is 9.60. The zero-order chi connectivity index (χ0) is 33.6. The summed E-state index contributed by atoms with van der Waals surface area (Å²) in [5, 5.41) is 20.9. The minimum Gasteiger partial charge on any atom is -0.485 e. The molecular formula is C26H26F8N4O6. The molecule has 2 heterocycles. The summed E-state index contributed by atoms with van der Waals surface area (Å²) >= 11 is 0. The van der Waals surface area contributed by atoms with E-state index in [1.165, 1.54) is 26.1 Å². The molecule has 0 spiro atoms. The molecule has 2 aromatic heterocycles. The number of carbonyl (C=O) groups is 3. The molecule has 3 rings (SSSR count). The summed E-state index contributed by atoms with van der Waals surface area (Å²) in [4.78, 5) is 36.7. The summed E-state index contributed by atoms with van der Waals surface area (Å²) < 4.78 is 108. The van der Waals surface area contributed by atoms with Crippen LogP contribution in [0.25, 0.3) is 5.65 Å². The third-order valence-electron chi connectivity index (χ3n) is 5.83. The third-order valence-corrected chi connectivity index (χ3v) is 5.83. The molecule has 1 atom stereocenters. The number of aliphatic carboxylic acids is 1. The Morgan fingerprint density at radius 2 is 1.61 bits per heavy atom. The highest BCUT2D eigenvalue weighted by molar-refractivity contribution is 5.95. The number of pyridine rings is 1. The minimum atomic E-state index is -5.08. The third kappa shape index (κ3) is 9.18. The van der Waals surface area contributed by atoms with E-state index in [0.29, 0.717) is 18.4 Å². The molecule has 0 aliphatic carbocycles. The van der Waals surface area contributed by atoms with Crippen molar-refractivity contribution in [1.29, 1.82) is 0 Å². The van der Waals surface area contributed by atoms with Gasteiger partial charge in [-0.15, -0.1) is 0 Å². The first kappa shape index (κ1) is 35.6. The number of benzene rings is 1. The lowest BCUT2D eigenvalue weighted by Gasteiger charge is -2.29. The Morgan fingerprint density at radius 1 is 1.05 bits per heavy atom. The highest BCUT2D eigenvalue weighted by Crippen LogP contribution is 2.35. The van der Waals surface area contributed by atoms with Gasteiger partial charge in [-0.2, -0.15) is 26.3 Å². The Labute approximate surface area is 243 Å². The summed E-state index contributed by atoms with van der Waals surface area (Å²) in [6.07, 6.45) is -9.38. The molecule has 0 fully saturated rings. The van der Waals surface area contributed by atoms with Crippen LogP contribution in [0.5, 0.6) is 5.75 Å². The van der Waals surface area contributed by atoms with Gasteiger partial charge >= 0.3 is 24.4 Å². The quantitative estimate of drug-likeness (QED) is 0.219. The first-order valence-corrected chi connectivity index (χ1v) is 12.4. The molecule has 0 aliphatic heterocycles. The summed E-state index contributed by atoms with van der Waals surface area (Å²) in [7, 11) is 0. The molecule has 1 unspecified atom stereocenters. The van der Waals surface area contributed by atoms with E-state index in [0.717, 1.165) is 22.6 Å². The fraction of sp³-hybridized carbons (Fsp3) is 0.385. The van der Waals surface area contributed by atoms with Crippen LogP contribution in [0.2, 0.25) is 0 Å². The molecule has 44 heavy (non-hydrogen) atoms. The second kappa shape index (κ2) is 13.8. The number of rotatable bonds is 9. The number of aryl methyl sites for hydroxylation is 1. The lowest BCUT2D eigenvalue weighted by molar-refractivity contribution is -0.192. The zero-order valence-electron chi connectivity index (χ0n) is 23.2. The molecule has 242 valence electrons. The number of imidazole rings is 1. The van der Waals surface area contributed by atoms with Crippen molar-refractivity contribution in [2.24, 2.45) is 0 Å². The van der Waals surface area contributed by atoms with Crippen molar-refractivity contribution >= 4 is 23.6 Å². The number of fused-ring (bicyclic) bond motifs is 1. The zero-order valence-corrected chi connectivity index (χ0v) is 23.2. The summed E-state index contributed by atoms with van der Waals surface area (Å²) in [5.74, 6) is -5.92. The topological polar surface area (TPSA) is 142 Å². The van der Waals surface area contributed by atoms with Gasteiger partial charge in [-0.3, -0.25) is 9.20 Å². The van der Waals surface area contributed by atoms with Crippen molar-refractivity contribution in [2.75, 3.05) is 6.54 Å². The molecule has 1 aromatic carbocycles. The van der Waals surface area contributed by atoms with Crippen molar-refractivity contribution in [3.8, 4) is 5.75 Å². The van der Waals surface area contributed by atoms with E-state index < -0.39 is 71.1 Å². The van der Waals surface area contributed by atoms with E-state index >= 15 is 0 Å². The van der Waals surface area contributed by atoms with Gasteiger partial charge in [-0.05, 0) is 44.0 Å². The smallest absolute Gasteiger partial charge is 0.485 e. The second-order valence-corrected chi connectivity index (χ2v) is 9.60. The number of amides is 2. The van der Waals surface area contributed by atoms with Crippen molar-refractivity contribution < 1.29 is 64.5 Å². The number of aromatic nitrogens is 2. The molecular weight excluding hydrogens is 616 g/mol. The fourth-order valence-corrected chi connectivity index (χ4v) is 3.95. The summed E-state index contributed by atoms with van der Waals surface area (Å²) in [6, 6.07) is 4.52. The Morgan fingerprint density at radius 3 is 2.09 bits per heavy atom. The van der Waals surface area contributed by atoms with Crippen LogP contribution in [0, 0.1) is 18.6 Å². The van der Waals surface area contributed by atoms with E-state index in [4.69, 9.17) is 19.7 Å². The Hall–Kier alpha value is -4.64. The van der Waals surface area contributed by atoms with Gasteiger partial charge in [0, 0.05) is 12.7 Å². The number of carbonyl (C=O) groups excluding carboxylic acids is 1. The average molecular weight is 643 g/mol. The first-order chi connectivity index (χ1) is 20.2. The lowest BCUT2D eigenvalue weighted by Crippen LogP contribution is -2.53. The minimum absolute atomic E-state index is 0.226. The molecule has 0 aliphatic rings. The lowest BCUT2D eigenvalue weighted by atomic mass is 9.96. The van der Waals surface area contributed by atoms with Gasteiger partial charge in [0.1, 0.15) is 23.9 Å². The van der Waals surface area contributed by atoms with Crippen LogP contribution >= 0.6 is 0 Å². The molecule has 0 bridgehead atoms. The van der Waals surface area contributed by atoms with Crippen LogP contribution in [-0.4, -0.2) is 55.8 Å². The van der Waals surface area contributed by atoms with Crippen LogP contribution in [-0.2, 0) is 17.6 Å². The van der Waals surface area contributed by atoms with Crippen molar-refractivity contribution in [1.82, 2.24) is 20.0 Å². The number of carboxylic acid groups (broad SMARTS) is 2. The maximum atomic E-state index is 14.0. The molecule has 18 heteroatoms. The van der Waals surface area contributed by atoms with Crippen LogP contribution in [0.15, 0.2) is 30.5 Å². The monoisotopic (exact) mass is 642 g/mol. The van der Waals surface area contributed by atoms with Crippen LogP contribution in [0.1, 0.15) is 54.0 Å². The molecule has 3 aromatic rings. The number of alkyl halides is 6. The van der Waals surface area contributed by atoms with E-state index in [1.54, 1.807) is 6.92 Å². The maximum Gasteiger partial charge on any atom is 0.490 e. The van der Waals surface area contributed by atoms with E-state index in [1.807, 2.05) is 0 Å². The SMILES string of the molecule is CCCC(C)(CNC(=O)c1c(C(F)(F)F)nc2c(OCc3c(F)cccc3F)cc(C)cn12)NC(=O)O.O=C(O)C(F)(F)F. The van der Waals surface area contributed by atoms with E-state index in [-0.39, 0.29) is 17.9 Å². The Balaban J connectivity index is 0.000000860. The summed E-state index contributed by atoms with van der Waals surface area (Å²) in [5.41, 5.74) is -3.92. The molecule has 4 N–H and O–H groups in total. The molecule has 2 amide bonds. The van der Waals surface area contributed by atoms with Crippen LogP contribution in [0.3, 0.4) is 0 Å². The predicted octanol–water partition coefficient (Wildman–Crippen LogP) is 5.71. The number of hydrogen-bond donors (Lipinski definition) is 4. The first-order valence-electron chi connectivity index (χ1n) is 12.4.